The molecule has 2 nitrogen and oxygen atoms in total. The maximum atomic E-state index is 13.6. The first-order chi connectivity index (χ1) is 15.8. The van der Waals surface area contributed by atoms with E-state index in [9.17, 15) is 4.79 Å². The number of carbonyl (C=O) groups is 1. The molecule has 1 fully saturated rings. The van der Waals surface area contributed by atoms with Gasteiger partial charge < -0.3 is 4.74 Å². The Morgan fingerprint density at radius 2 is 1.22 bits per heavy atom. The van der Waals surface area contributed by atoms with Gasteiger partial charge in [-0.2, -0.15) is 0 Å². The summed E-state index contributed by atoms with van der Waals surface area (Å²) in [6.07, 6.45) is 2.62. The predicted octanol–water partition coefficient (Wildman–Crippen LogP) is 7.14. The van der Waals surface area contributed by atoms with Gasteiger partial charge in [0.25, 0.3) is 0 Å². The zero-order valence-electron chi connectivity index (χ0n) is 17.7. The van der Waals surface area contributed by atoms with Crippen LogP contribution >= 0.6 is 0 Å². The van der Waals surface area contributed by atoms with E-state index in [0.29, 0.717) is 22.2 Å². The summed E-state index contributed by atoms with van der Waals surface area (Å²) >= 11 is 0. The summed E-state index contributed by atoms with van der Waals surface area (Å²) in [5.41, 5.74) is 0.629. The van der Waals surface area contributed by atoms with Crippen LogP contribution in [-0.2, 0) is 10.9 Å². The summed E-state index contributed by atoms with van der Waals surface area (Å²) < 4.78 is 6.11. The molecule has 0 unspecified atom stereocenters. The number of ether oxygens (including phenoxy) is 1. The topological polar surface area (TPSA) is 26.3 Å². The highest BCUT2D eigenvalue weighted by molar-refractivity contribution is 7.97. The van der Waals surface area contributed by atoms with Crippen molar-refractivity contribution in [3.8, 4) is 5.75 Å². The van der Waals surface area contributed by atoms with Crippen LogP contribution in [0, 0.1) is 0 Å². The second-order valence-electron chi connectivity index (χ2n) is 8.30. The molecule has 0 bridgehead atoms. The maximum absolute atomic E-state index is 13.6. The van der Waals surface area contributed by atoms with E-state index in [0.717, 1.165) is 26.9 Å². The first-order valence-corrected chi connectivity index (χ1v) is 12.7. The molecule has 3 heteroatoms. The van der Waals surface area contributed by atoms with Crippen LogP contribution in [0.25, 0.3) is 32.3 Å². The van der Waals surface area contributed by atoms with Gasteiger partial charge in [-0.1, -0.05) is 66.7 Å². The van der Waals surface area contributed by atoms with E-state index < -0.39 is 0 Å². The van der Waals surface area contributed by atoms with Crippen molar-refractivity contribution in [3.05, 3.63) is 96.6 Å². The largest absolute Gasteiger partial charge is 0.422 e. The molecule has 0 aromatic heterocycles. The van der Waals surface area contributed by atoms with Crippen molar-refractivity contribution in [3.63, 3.8) is 0 Å². The first-order valence-electron chi connectivity index (χ1n) is 11.1. The lowest BCUT2D eigenvalue weighted by atomic mass is 9.97. The monoisotopic (exact) mass is 435 g/mol. The molecule has 32 heavy (non-hydrogen) atoms. The Balaban J connectivity index is 1.48. The van der Waals surface area contributed by atoms with Gasteiger partial charge in [0.2, 0.25) is 0 Å². The fraction of sp³-hybridized carbons (Fsp3) is 0.138. The average Bonchev–Trinajstić information content (AvgIpc) is 3.37. The van der Waals surface area contributed by atoms with Crippen molar-refractivity contribution in [1.82, 2.24) is 0 Å². The van der Waals surface area contributed by atoms with E-state index >= 15 is 0 Å². The predicted molar refractivity (Wildman–Crippen MR) is 135 cm³/mol. The maximum Gasteiger partial charge on any atom is 0.344 e. The van der Waals surface area contributed by atoms with Crippen molar-refractivity contribution in [2.45, 2.75) is 17.7 Å². The van der Waals surface area contributed by atoms with Gasteiger partial charge in [0, 0.05) is 21.7 Å². The van der Waals surface area contributed by atoms with Crippen molar-refractivity contribution in [2.24, 2.45) is 0 Å². The minimum absolute atomic E-state index is 0.300. The van der Waals surface area contributed by atoms with Gasteiger partial charge in [-0.15, -0.1) is 0 Å². The van der Waals surface area contributed by atoms with Gasteiger partial charge in [0.1, 0.15) is 17.3 Å². The van der Waals surface area contributed by atoms with E-state index in [1.807, 2.05) is 60.7 Å². The molecule has 0 spiro atoms. The molecular formula is C29H23O2S+. The van der Waals surface area contributed by atoms with Gasteiger partial charge in [-0.05, 0) is 58.7 Å². The second-order valence-corrected chi connectivity index (χ2v) is 10.5. The van der Waals surface area contributed by atoms with E-state index in [2.05, 4.69) is 30.3 Å². The minimum Gasteiger partial charge on any atom is -0.422 e. The number of rotatable bonds is 3. The van der Waals surface area contributed by atoms with Crippen LogP contribution in [0.3, 0.4) is 0 Å². The van der Waals surface area contributed by atoms with Crippen LogP contribution in [0.2, 0.25) is 0 Å². The van der Waals surface area contributed by atoms with Crippen LogP contribution in [0.5, 0.6) is 5.75 Å². The molecule has 1 heterocycles. The third kappa shape index (κ3) is 3.25. The molecule has 156 valence electrons. The van der Waals surface area contributed by atoms with Crippen molar-refractivity contribution in [2.75, 3.05) is 11.5 Å². The number of esters is 1. The molecule has 0 amide bonds. The fourth-order valence-electron chi connectivity index (χ4n) is 4.84. The summed E-state index contributed by atoms with van der Waals surface area (Å²) in [4.78, 5) is 15.0. The molecule has 0 N–H and O–H groups in total. The molecule has 1 saturated heterocycles. The van der Waals surface area contributed by atoms with Crippen molar-refractivity contribution < 1.29 is 9.53 Å². The molecule has 0 atom stereocenters. The summed E-state index contributed by atoms with van der Waals surface area (Å²) in [5.74, 6) is 2.87. The minimum atomic E-state index is -0.306. The van der Waals surface area contributed by atoms with Crippen molar-refractivity contribution in [1.29, 1.82) is 0 Å². The van der Waals surface area contributed by atoms with Crippen LogP contribution < -0.4 is 4.74 Å². The normalized spacial score (nSPS) is 14.4. The third-order valence-electron chi connectivity index (χ3n) is 6.36. The van der Waals surface area contributed by atoms with Gasteiger partial charge in [0.05, 0.1) is 5.56 Å². The van der Waals surface area contributed by atoms with Gasteiger partial charge >= 0.3 is 5.97 Å². The Labute approximate surface area is 190 Å². The van der Waals surface area contributed by atoms with E-state index in [1.165, 1.54) is 34.6 Å². The first kappa shape index (κ1) is 19.4. The number of fused-ring (bicyclic) bond motifs is 3. The Morgan fingerprint density at radius 1 is 0.656 bits per heavy atom. The lowest BCUT2D eigenvalue weighted by molar-refractivity contribution is 0.0741. The van der Waals surface area contributed by atoms with E-state index in [-0.39, 0.29) is 5.97 Å². The third-order valence-corrected chi connectivity index (χ3v) is 8.91. The average molecular weight is 436 g/mol. The van der Waals surface area contributed by atoms with Gasteiger partial charge in [0.15, 0.2) is 4.90 Å². The molecule has 1 aliphatic rings. The molecule has 0 radical (unpaired) electrons. The Bertz CT molecular complexity index is 1430. The van der Waals surface area contributed by atoms with Gasteiger partial charge in [-0.25, -0.2) is 4.79 Å². The summed E-state index contributed by atoms with van der Waals surface area (Å²) in [6, 6.07) is 30.7. The Kier molecular flexibility index (Phi) is 4.84. The van der Waals surface area contributed by atoms with Gasteiger partial charge in [-0.3, -0.25) is 0 Å². The van der Waals surface area contributed by atoms with Crippen molar-refractivity contribution >= 4 is 49.2 Å². The Morgan fingerprint density at radius 3 is 1.88 bits per heavy atom. The lowest BCUT2D eigenvalue weighted by Crippen LogP contribution is -2.11. The lowest BCUT2D eigenvalue weighted by Gasteiger charge is -2.13. The van der Waals surface area contributed by atoms with E-state index in [1.54, 1.807) is 0 Å². The molecule has 0 saturated carbocycles. The molecule has 6 rings (SSSR count). The SMILES string of the molecule is O=C(Oc1ccc([S+]2CCCC2)c2ccccc12)c1c2ccccc2cc2ccccc12. The van der Waals surface area contributed by atoms with Crippen LogP contribution in [0.4, 0.5) is 0 Å². The zero-order chi connectivity index (χ0) is 21.5. The van der Waals surface area contributed by atoms with Crippen LogP contribution in [0.15, 0.2) is 95.9 Å². The highest BCUT2D eigenvalue weighted by atomic mass is 32.2. The summed E-state index contributed by atoms with van der Waals surface area (Å²) in [6.45, 7) is 0. The number of carbonyl (C=O) groups excluding carboxylic acids is 1. The Hall–Kier alpha value is -3.30. The smallest absolute Gasteiger partial charge is 0.344 e. The number of hydrogen-bond donors (Lipinski definition) is 0. The quantitative estimate of drug-likeness (QED) is 0.130. The van der Waals surface area contributed by atoms with Crippen LogP contribution in [-0.4, -0.2) is 17.5 Å². The summed E-state index contributed by atoms with van der Waals surface area (Å²) in [5, 5.41) is 6.16. The molecule has 5 aromatic rings. The molecular weight excluding hydrogens is 412 g/mol. The van der Waals surface area contributed by atoms with E-state index in [4.69, 9.17) is 4.74 Å². The number of hydrogen-bond acceptors (Lipinski definition) is 2. The molecule has 1 aliphatic heterocycles. The molecule has 5 aromatic carbocycles. The zero-order valence-corrected chi connectivity index (χ0v) is 18.5. The summed E-state index contributed by atoms with van der Waals surface area (Å²) in [7, 11) is 0.300. The van der Waals surface area contributed by atoms with Crippen LogP contribution in [0.1, 0.15) is 23.2 Å². The highest BCUT2D eigenvalue weighted by Crippen LogP contribution is 2.36. The standard InChI is InChI=1S/C29H23O2S/c30-29(28-22-11-3-1-9-20(22)19-21-10-2-4-12-23(21)28)31-26-15-16-27(32-17-7-8-18-32)25-14-6-5-13-24(25)26/h1-6,9-16,19H,7-8,17-18H2/q+1. The number of benzene rings is 5. The fourth-order valence-corrected chi connectivity index (χ4v) is 7.34. The second kappa shape index (κ2) is 7.99. The molecule has 0 aliphatic carbocycles. The highest BCUT2D eigenvalue weighted by Gasteiger charge is 2.29.